The van der Waals surface area contributed by atoms with Crippen LogP contribution in [0.1, 0.15) is 47.2 Å². The maximum atomic E-state index is 12.6. The van der Waals surface area contributed by atoms with E-state index in [1.165, 1.54) is 5.56 Å². The van der Waals surface area contributed by atoms with Gasteiger partial charge >= 0.3 is 0 Å². The molecule has 0 spiro atoms. The van der Waals surface area contributed by atoms with E-state index in [0.717, 1.165) is 56.6 Å². The molecule has 0 radical (unpaired) electrons. The number of aryl methyl sites for hydroxylation is 1. The smallest absolute Gasteiger partial charge is 0.253 e. The Labute approximate surface area is 186 Å². The van der Waals surface area contributed by atoms with Gasteiger partial charge in [0, 0.05) is 38.2 Å². The number of carbonyl (C=O) groups excluding carboxylic acids is 2. The fourth-order valence-electron chi connectivity index (χ4n) is 4.10. The van der Waals surface area contributed by atoms with Crippen LogP contribution in [0.4, 0.5) is 0 Å². The zero-order valence-corrected chi connectivity index (χ0v) is 18.8. The molecule has 1 heterocycles. The first-order chi connectivity index (χ1) is 15.0. The lowest BCUT2D eigenvalue weighted by Crippen LogP contribution is -2.39. The maximum absolute atomic E-state index is 12.6. The Hall–Kier alpha value is -2.66. The van der Waals surface area contributed by atoms with Gasteiger partial charge in [0.2, 0.25) is 5.91 Å². The van der Waals surface area contributed by atoms with Gasteiger partial charge in [-0.2, -0.15) is 0 Å². The normalized spacial score (nSPS) is 14.6. The standard InChI is InChI=1S/C26H35N3O2/c1-21-9-11-24(12-10-21)26(31)29-17-13-22(14-18-29)19-25(30)27-15-6-16-28(2)20-23-7-4-3-5-8-23/h3-5,7-12,22H,6,13-20H2,1-2H3,(H,27,30). The lowest BCUT2D eigenvalue weighted by Gasteiger charge is -2.32. The number of piperidine rings is 1. The fraction of sp³-hybridized carbons (Fsp3) is 0.462. The summed E-state index contributed by atoms with van der Waals surface area (Å²) in [6.07, 6.45) is 3.29. The van der Waals surface area contributed by atoms with Crippen LogP contribution in [-0.4, -0.2) is 54.8 Å². The molecular formula is C26H35N3O2. The average molecular weight is 422 g/mol. The molecule has 166 valence electrons. The van der Waals surface area contributed by atoms with Crippen LogP contribution in [0, 0.1) is 12.8 Å². The Morgan fingerprint density at radius 3 is 2.39 bits per heavy atom. The van der Waals surface area contributed by atoms with Gasteiger partial charge in [-0.3, -0.25) is 9.59 Å². The van der Waals surface area contributed by atoms with Crippen LogP contribution in [0.5, 0.6) is 0 Å². The van der Waals surface area contributed by atoms with Gasteiger partial charge in [0.25, 0.3) is 5.91 Å². The van der Waals surface area contributed by atoms with Crippen LogP contribution in [0.3, 0.4) is 0 Å². The van der Waals surface area contributed by atoms with Gasteiger partial charge < -0.3 is 15.1 Å². The lowest BCUT2D eigenvalue weighted by atomic mass is 9.93. The van der Waals surface area contributed by atoms with Gasteiger partial charge in [-0.15, -0.1) is 0 Å². The number of benzene rings is 2. The minimum atomic E-state index is 0.0996. The summed E-state index contributed by atoms with van der Waals surface area (Å²) < 4.78 is 0. The second-order valence-corrected chi connectivity index (χ2v) is 8.73. The van der Waals surface area contributed by atoms with Gasteiger partial charge in [0.05, 0.1) is 0 Å². The molecule has 3 rings (SSSR count). The van der Waals surface area contributed by atoms with Crippen molar-refractivity contribution in [2.45, 2.75) is 39.2 Å². The van der Waals surface area contributed by atoms with E-state index in [0.29, 0.717) is 18.9 Å². The van der Waals surface area contributed by atoms with Crippen molar-refractivity contribution >= 4 is 11.8 Å². The van der Waals surface area contributed by atoms with Gasteiger partial charge in [-0.05, 0) is 63.4 Å². The maximum Gasteiger partial charge on any atom is 0.253 e. The van der Waals surface area contributed by atoms with E-state index in [-0.39, 0.29) is 11.8 Å². The number of carbonyl (C=O) groups is 2. The molecule has 0 atom stereocenters. The Morgan fingerprint density at radius 2 is 1.71 bits per heavy atom. The van der Waals surface area contributed by atoms with E-state index in [2.05, 4.69) is 41.5 Å². The van der Waals surface area contributed by atoms with Crippen LogP contribution in [0.25, 0.3) is 0 Å². The Kier molecular flexibility index (Phi) is 8.65. The first-order valence-corrected chi connectivity index (χ1v) is 11.4. The molecule has 5 nitrogen and oxygen atoms in total. The number of nitrogens with zero attached hydrogens (tertiary/aromatic N) is 2. The summed E-state index contributed by atoms with van der Waals surface area (Å²) >= 11 is 0. The Balaban J connectivity index is 1.29. The van der Waals surface area contributed by atoms with Crippen molar-refractivity contribution in [2.24, 2.45) is 5.92 Å². The van der Waals surface area contributed by atoms with Crippen LogP contribution >= 0.6 is 0 Å². The van der Waals surface area contributed by atoms with Gasteiger partial charge in [-0.25, -0.2) is 0 Å². The third kappa shape index (κ3) is 7.51. The van der Waals surface area contributed by atoms with Crippen LogP contribution in [0.15, 0.2) is 54.6 Å². The predicted octanol–water partition coefficient (Wildman–Crippen LogP) is 3.88. The second-order valence-electron chi connectivity index (χ2n) is 8.73. The molecule has 1 fully saturated rings. The molecule has 0 aliphatic carbocycles. The van der Waals surface area contributed by atoms with E-state index in [4.69, 9.17) is 0 Å². The molecule has 2 amide bonds. The summed E-state index contributed by atoms with van der Waals surface area (Å²) in [5.74, 6) is 0.597. The molecule has 1 aliphatic heterocycles. The number of amides is 2. The van der Waals surface area contributed by atoms with Crippen molar-refractivity contribution in [2.75, 3.05) is 33.2 Å². The number of rotatable bonds is 9. The first-order valence-electron chi connectivity index (χ1n) is 11.4. The lowest BCUT2D eigenvalue weighted by molar-refractivity contribution is -0.122. The second kappa shape index (κ2) is 11.7. The minimum absolute atomic E-state index is 0.0996. The number of nitrogens with one attached hydrogen (secondary N) is 1. The molecule has 0 unspecified atom stereocenters. The van der Waals surface area contributed by atoms with Gasteiger partial charge in [0.1, 0.15) is 0 Å². The van der Waals surface area contributed by atoms with Crippen LogP contribution in [-0.2, 0) is 11.3 Å². The first kappa shape index (κ1) is 23.0. The molecule has 1 saturated heterocycles. The molecule has 5 heteroatoms. The van der Waals surface area contributed by atoms with Crippen molar-refractivity contribution in [3.63, 3.8) is 0 Å². The molecule has 2 aromatic carbocycles. The molecule has 0 bridgehead atoms. The Morgan fingerprint density at radius 1 is 1.03 bits per heavy atom. The highest BCUT2D eigenvalue weighted by Gasteiger charge is 2.25. The summed E-state index contributed by atoms with van der Waals surface area (Å²) in [4.78, 5) is 29.1. The summed E-state index contributed by atoms with van der Waals surface area (Å²) in [6.45, 7) is 6.07. The molecule has 0 aromatic heterocycles. The zero-order chi connectivity index (χ0) is 22.1. The molecular weight excluding hydrogens is 386 g/mol. The van der Waals surface area contributed by atoms with E-state index in [1.807, 2.05) is 42.2 Å². The molecule has 31 heavy (non-hydrogen) atoms. The topological polar surface area (TPSA) is 52.7 Å². The number of likely N-dealkylation sites (tertiary alicyclic amines) is 1. The predicted molar refractivity (Wildman–Crippen MR) is 125 cm³/mol. The van der Waals surface area contributed by atoms with E-state index in [9.17, 15) is 9.59 Å². The summed E-state index contributed by atoms with van der Waals surface area (Å²) in [5, 5.41) is 3.07. The van der Waals surface area contributed by atoms with E-state index in [1.54, 1.807) is 0 Å². The quantitative estimate of drug-likeness (QED) is 0.625. The van der Waals surface area contributed by atoms with Crippen LogP contribution in [0.2, 0.25) is 0 Å². The van der Waals surface area contributed by atoms with Gasteiger partial charge in [0.15, 0.2) is 0 Å². The monoisotopic (exact) mass is 421 g/mol. The SMILES string of the molecule is Cc1ccc(C(=O)N2CCC(CC(=O)NCCCN(C)Cc3ccccc3)CC2)cc1. The summed E-state index contributed by atoms with van der Waals surface area (Å²) in [6, 6.07) is 18.2. The third-order valence-electron chi connectivity index (χ3n) is 6.01. The van der Waals surface area contributed by atoms with Crippen molar-refractivity contribution in [3.05, 3.63) is 71.3 Å². The Bertz CT molecular complexity index is 827. The van der Waals surface area contributed by atoms with E-state index < -0.39 is 0 Å². The summed E-state index contributed by atoms with van der Waals surface area (Å²) in [7, 11) is 2.11. The molecule has 0 saturated carbocycles. The number of hydrogen-bond donors (Lipinski definition) is 1. The van der Waals surface area contributed by atoms with Crippen molar-refractivity contribution in [1.29, 1.82) is 0 Å². The van der Waals surface area contributed by atoms with Crippen LogP contribution < -0.4 is 5.32 Å². The highest BCUT2D eigenvalue weighted by atomic mass is 16.2. The highest BCUT2D eigenvalue weighted by molar-refractivity contribution is 5.94. The molecule has 1 aliphatic rings. The fourth-order valence-corrected chi connectivity index (χ4v) is 4.10. The van der Waals surface area contributed by atoms with Crippen molar-refractivity contribution in [1.82, 2.24) is 15.1 Å². The molecule has 1 N–H and O–H groups in total. The zero-order valence-electron chi connectivity index (χ0n) is 18.8. The van der Waals surface area contributed by atoms with E-state index >= 15 is 0 Å². The minimum Gasteiger partial charge on any atom is -0.356 e. The van der Waals surface area contributed by atoms with Gasteiger partial charge in [-0.1, -0.05) is 48.0 Å². The third-order valence-corrected chi connectivity index (χ3v) is 6.01. The average Bonchev–Trinajstić information content (AvgIpc) is 2.78. The highest BCUT2D eigenvalue weighted by Crippen LogP contribution is 2.22. The summed E-state index contributed by atoms with van der Waals surface area (Å²) in [5.41, 5.74) is 3.21. The largest absolute Gasteiger partial charge is 0.356 e. The number of hydrogen-bond acceptors (Lipinski definition) is 3. The van der Waals surface area contributed by atoms with Crippen molar-refractivity contribution in [3.8, 4) is 0 Å². The van der Waals surface area contributed by atoms with Crippen molar-refractivity contribution < 1.29 is 9.59 Å². The molecule has 2 aromatic rings.